The van der Waals surface area contributed by atoms with E-state index < -0.39 is 40.0 Å². The summed E-state index contributed by atoms with van der Waals surface area (Å²) in [6.07, 6.45) is -0.167. The average Bonchev–Trinajstić information content (AvgIpc) is 2.96. The number of ether oxygens (including phenoxy) is 1. The SMILES string of the molecule is [B]C([B])(Nc1cccc(C)c1CN(C=O)C([B])(C(=O)NC)C([B])(O)C([B])(O)C=O)c1cc(CN2CC(C)OC(C)C2)ccc1F. The number of aliphatic hydroxyl groups is 2. The Morgan fingerprint density at radius 1 is 1.11 bits per heavy atom. The van der Waals surface area contributed by atoms with Crippen molar-refractivity contribution in [2.24, 2.45) is 0 Å². The van der Waals surface area contributed by atoms with Crippen LogP contribution < -0.4 is 10.6 Å². The normalized spacial score (nSPS) is 21.4. The number of hydrogen-bond acceptors (Lipinski definition) is 8. The second kappa shape index (κ2) is 13.7. The highest BCUT2D eigenvalue weighted by atomic mass is 19.1. The highest BCUT2D eigenvalue weighted by molar-refractivity contribution is 6.42. The predicted octanol–water partition coefficient (Wildman–Crippen LogP) is -1.21. The van der Waals surface area contributed by atoms with Gasteiger partial charge in [-0.2, -0.15) is 0 Å². The van der Waals surface area contributed by atoms with E-state index in [1.165, 1.54) is 12.1 Å². The molecule has 1 aliphatic heterocycles. The summed E-state index contributed by atoms with van der Waals surface area (Å²) in [5, 5.41) is 24.4. The molecule has 16 heteroatoms. The van der Waals surface area contributed by atoms with E-state index in [0.29, 0.717) is 30.1 Å². The average molecular weight is 608 g/mol. The first-order valence-corrected chi connectivity index (χ1v) is 14.2. The maximum atomic E-state index is 15.2. The highest BCUT2D eigenvalue weighted by Gasteiger charge is 2.59. The Balaban J connectivity index is 2.00. The molecule has 10 nitrogen and oxygen atoms in total. The van der Waals surface area contributed by atoms with Crippen LogP contribution in [-0.2, 0) is 37.5 Å². The summed E-state index contributed by atoms with van der Waals surface area (Å²) in [4.78, 5) is 39.7. The first-order chi connectivity index (χ1) is 20.8. The third-order valence-corrected chi connectivity index (χ3v) is 7.98. The Morgan fingerprint density at radius 2 is 1.73 bits per heavy atom. The van der Waals surface area contributed by atoms with E-state index in [1.807, 2.05) is 13.8 Å². The quantitative estimate of drug-likeness (QED) is 0.165. The van der Waals surface area contributed by atoms with Gasteiger partial charge in [0.2, 0.25) is 12.3 Å². The van der Waals surface area contributed by atoms with Gasteiger partial charge in [-0.3, -0.25) is 14.5 Å². The van der Waals surface area contributed by atoms with Gasteiger partial charge in [0.25, 0.3) is 0 Å². The molecule has 4 N–H and O–H groups in total. The molecule has 3 rings (SSSR count). The Hall–Kier alpha value is -3.06. The number of rotatable bonds is 13. The lowest BCUT2D eigenvalue weighted by atomic mass is 9.45. The van der Waals surface area contributed by atoms with Crippen LogP contribution in [0.15, 0.2) is 36.4 Å². The lowest BCUT2D eigenvalue weighted by Gasteiger charge is -2.53. The molecule has 2 amide bonds. The maximum absolute atomic E-state index is 15.2. The van der Waals surface area contributed by atoms with Crippen molar-refractivity contribution in [1.29, 1.82) is 0 Å². The Morgan fingerprint density at radius 3 is 2.29 bits per heavy atom. The molecule has 228 valence electrons. The number of benzene rings is 2. The molecule has 10 radical (unpaired) electrons. The fourth-order valence-electron chi connectivity index (χ4n) is 5.50. The van der Waals surface area contributed by atoms with Crippen LogP contribution in [0, 0.1) is 12.7 Å². The number of likely N-dealkylation sites (N-methyl/N-ethyl adjacent to an activating group) is 1. The number of carbonyl (C=O) groups excluding carboxylic acids is 3. The van der Waals surface area contributed by atoms with Gasteiger partial charge in [0.1, 0.15) is 41.1 Å². The van der Waals surface area contributed by atoms with E-state index in [0.717, 1.165) is 12.6 Å². The number of aryl methyl sites for hydroxylation is 1. The van der Waals surface area contributed by atoms with Crippen molar-refractivity contribution in [3.63, 3.8) is 0 Å². The molecule has 1 heterocycles. The lowest BCUT2D eigenvalue weighted by Crippen LogP contribution is -2.79. The van der Waals surface area contributed by atoms with Gasteiger partial charge >= 0.3 is 0 Å². The van der Waals surface area contributed by atoms with Gasteiger partial charge in [-0.15, -0.1) is 0 Å². The van der Waals surface area contributed by atoms with Gasteiger partial charge < -0.3 is 35.3 Å². The van der Waals surface area contributed by atoms with Gasteiger partial charge in [0.15, 0.2) is 0 Å². The van der Waals surface area contributed by atoms with E-state index in [4.69, 9.17) is 44.0 Å². The van der Waals surface area contributed by atoms with Crippen LogP contribution in [0.5, 0.6) is 0 Å². The molecule has 5 atom stereocenters. The molecule has 1 saturated heterocycles. The Kier molecular flexibility index (Phi) is 11.1. The number of halogens is 1. The largest absolute Gasteiger partial charge is 0.395 e. The van der Waals surface area contributed by atoms with E-state index in [-0.39, 0.29) is 41.7 Å². The van der Waals surface area contributed by atoms with E-state index in [9.17, 15) is 24.6 Å². The van der Waals surface area contributed by atoms with E-state index in [1.54, 1.807) is 31.2 Å². The molecule has 2 aromatic carbocycles. The molecular formula is C29H34B5FN4O6. The third kappa shape index (κ3) is 7.35. The number of nitrogens with zero attached hydrogens (tertiary/aromatic N) is 2. The van der Waals surface area contributed by atoms with Crippen molar-refractivity contribution in [3.8, 4) is 0 Å². The summed E-state index contributed by atoms with van der Waals surface area (Å²) in [5.74, 6) is -1.93. The number of carbonyl (C=O) groups is 3. The first-order valence-electron chi connectivity index (χ1n) is 14.2. The molecule has 0 saturated carbocycles. The molecule has 5 unspecified atom stereocenters. The van der Waals surface area contributed by atoms with Gasteiger partial charge in [-0.1, -0.05) is 24.3 Å². The summed E-state index contributed by atoms with van der Waals surface area (Å²) in [6.45, 7) is 6.94. The number of aldehydes is 1. The Labute approximate surface area is 269 Å². The molecular weight excluding hydrogens is 573 g/mol. The number of hydrogen-bond donors (Lipinski definition) is 4. The summed E-state index contributed by atoms with van der Waals surface area (Å²) in [6, 6.07) is 9.30. The minimum Gasteiger partial charge on any atom is -0.395 e. The van der Waals surface area contributed by atoms with E-state index >= 15 is 4.39 Å². The van der Waals surface area contributed by atoms with Crippen molar-refractivity contribution < 1.29 is 33.7 Å². The van der Waals surface area contributed by atoms with Crippen molar-refractivity contribution >= 4 is 63.5 Å². The van der Waals surface area contributed by atoms with Gasteiger partial charge in [0, 0.05) is 38.9 Å². The van der Waals surface area contributed by atoms with Crippen LogP contribution in [0.2, 0.25) is 0 Å². The monoisotopic (exact) mass is 608 g/mol. The molecule has 0 aromatic heterocycles. The predicted molar refractivity (Wildman–Crippen MR) is 171 cm³/mol. The summed E-state index contributed by atoms with van der Waals surface area (Å²) in [7, 11) is 31.6. The zero-order valence-corrected chi connectivity index (χ0v) is 25.8. The zero-order valence-electron chi connectivity index (χ0n) is 25.8. The van der Waals surface area contributed by atoms with Crippen molar-refractivity contribution in [2.45, 2.75) is 67.8 Å². The minimum atomic E-state index is -3.40. The number of anilines is 1. The Bertz CT molecular complexity index is 1410. The van der Waals surface area contributed by atoms with Crippen molar-refractivity contribution in [1.82, 2.24) is 15.1 Å². The van der Waals surface area contributed by atoms with Crippen LogP contribution in [0.4, 0.5) is 10.1 Å². The molecule has 2 aromatic rings. The molecule has 0 bridgehead atoms. The molecule has 1 fully saturated rings. The number of amides is 2. The second-order valence-corrected chi connectivity index (χ2v) is 11.6. The topological polar surface area (TPSA) is 131 Å². The van der Waals surface area contributed by atoms with Gasteiger partial charge in [0.05, 0.1) is 38.9 Å². The third-order valence-electron chi connectivity index (χ3n) is 7.98. The highest BCUT2D eigenvalue weighted by Crippen LogP contribution is 2.35. The van der Waals surface area contributed by atoms with Gasteiger partial charge in [-0.25, -0.2) is 4.39 Å². The van der Waals surface area contributed by atoms with E-state index in [2.05, 4.69) is 15.5 Å². The maximum Gasteiger partial charge on any atom is 0.238 e. The minimum absolute atomic E-state index is 0.0344. The van der Waals surface area contributed by atoms with Crippen molar-refractivity contribution in [3.05, 3.63) is 64.5 Å². The zero-order chi connectivity index (χ0) is 34.0. The first kappa shape index (κ1) is 36.4. The number of morpholine rings is 1. The lowest BCUT2D eigenvalue weighted by molar-refractivity contribution is -0.159. The molecule has 0 aliphatic carbocycles. The van der Waals surface area contributed by atoms with Gasteiger partial charge in [-0.05, 0) is 60.5 Å². The fourth-order valence-corrected chi connectivity index (χ4v) is 5.50. The van der Waals surface area contributed by atoms with Crippen LogP contribution in [0.25, 0.3) is 0 Å². The summed E-state index contributed by atoms with van der Waals surface area (Å²) in [5.41, 5.74) is -7.98. The van der Waals surface area contributed by atoms with Crippen LogP contribution in [0.3, 0.4) is 0 Å². The molecule has 45 heavy (non-hydrogen) atoms. The fraction of sp³-hybridized carbons (Fsp3) is 0.483. The molecule has 0 spiro atoms. The van der Waals surface area contributed by atoms with Crippen LogP contribution in [-0.4, -0.2) is 127 Å². The smallest absolute Gasteiger partial charge is 0.238 e. The number of nitrogens with one attached hydrogen (secondary N) is 2. The standard InChI is InChI=1S/C29H34B5FN4O6/c1-17-6-5-7-24(21(17)14-39(16-41)27(31,25(42)36-4)29(34,44)26(30,43)15-40)37-28(32,33)22-10-20(8-9-23(22)35)13-38-11-18(2)45-19(3)12-38/h5-10,15-16,18-19,37,43-44H,11-14H2,1-4H3,(H,36,42). The van der Waals surface area contributed by atoms with Crippen LogP contribution >= 0.6 is 0 Å². The molecule has 1 aliphatic rings. The summed E-state index contributed by atoms with van der Waals surface area (Å²) < 4.78 is 21.0. The second-order valence-electron chi connectivity index (χ2n) is 11.6. The van der Waals surface area contributed by atoms with Crippen LogP contribution in [0.1, 0.15) is 36.1 Å². The van der Waals surface area contributed by atoms with Crippen molar-refractivity contribution in [2.75, 3.05) is 25.5 Å². The summed E-state index contributed by atoms with van der Waals surface area (Å²) >= 11 is 0.